The van der Waals surface area contributed by atoms with Crippen LogP contribution >= 0.6 is 0 Å². The van der Waals surface area contributed by atoms with Crippen LogP contribution in [-0.4, -0.2) is 34.7 Å². The molecule has 1 heterocycles. The number of amides is 2. The van der Waals surface area contributed by atoms with Gasteiger partial charge in [-0.2, -0.15) is 0 Å². The Balaban J connectivity index is 1.83. The van der Waals surface area contributed by atoms with Crippen LogP contribution in [0, 0.1) is 0 Å². The number of hydrogen-bond donors (Lipinski definition) is 2. The lowest BCUT2D eigenvalue weighted by Crippen LogP contribution is -2.53. The zero-order valence-corrected chi connectivity index (χ0v) is 15.4. The lowest BCUT2D eigenvalue weighted by molar-refractivity contribution is -0.122. The highest BCUT2D eigenvalue weighted by Gasteiger charge is 2.29. The molecule has 0 saturated heterocycles. The Morgan fingerprint density at radius 1 is 1.12 bits per heavy atom. The third kappa shape index (κ3) is 7.11. The Hall–Kier alpha value is -2.11. The summed E-state index contributed by atoms with van der Waals surface area (Å²) < 4.78 is 5.33. The molecule has 6 heteroatoms. The molecule has 0 bridgehead atoms. The normalized spacial score (nSPS) is 20.6. The lowest BCUT2D eigenvalue weighted by Gasteiger charge is -2.33. The Labute approximate surface area is 149 Å². The standard InChI is InChI=1S/C19H29N3O3/c1-19(2,3)25-18(24)22-16-7-5-4-6-15(16)21-17(23)9-8-14-10-12-20-13-11-14/h10-13,15-16H,4-9H2,1-3H3,(H,21,23)(H,22,24)/t15-,16-/m0/s1. The van der Waals surface area contributed by atoms with Crippen LogP contribution < -0.4 is 10.6 Å². The molecule has 1 fully saturated rings. The van der Waals surface area contributed by atoms with Crippen molar-refractivity contribution in [3.8, 4) is 0 Å². The van der Waals surface area contributed by atoms with Crippen molar-refractivity contribution in [3.05, 3.63) is 30.1 Å². The van der Waals surface area contributed by atoms with Gasteiger partial charge in [-0.05, 0) is 57.7 Å². The molecule has 0 aromatic carbocycles. The van der Waals surface area contributed by atoms with Crippen LogP contribution in [-0.2, 0) is 16.0 Å². The van der Waals surface area contributed by atoms with E-state index in [1.54, 1.807) is 12.4 Å². The number of alkyl carbamates (subject to hydrolysis) is 1. The van der Waals surface area contributed by atoms with Gasteiger partial charge in [-0.3, -0.25) is 9.78 Å². The van der Waals surface area contributed by atoms with Gasteiger partial charge in [0.1, 0.15) is 5.60 Å². The van der Waals surface area contributed by atoms with Gasteiger partial charge < -0.3 is 15.4 Å². The van der Waals surface area contributed by atoms with Crippen molar-refractivity contribution >= 4 is 12.0 Å². The molecule has 2 atom stereocenters. The fraction of sp³-hybridized carbons (Fsp3) is 0.632. The Kier molecular flexibility index (Phi) is 6.79. The predicted molar refractivity (Wildman–Crippen MR) is 96.1 cm³/mol. The third-order valence-electron chi connectivity index (χ3n) is 4.20. The molecular formula is C19H29N3O3. The molecule has 0 unspecified atom stereocenters. The Bertz CT molecular complexity index is 569. The number of ether oxygens (including phenoxy) is 1. The topological polar surface area (TPSA) is 80.3 Å². The molecule has 6 nitrogen and oxygen atoms in total. The number of pyridine rings is 1. The number of carbonyl (C=O) groups is 2. The minimum atomic E-state index is -0.526. The van der Waals surface area contributed by atoms with Crippen LogP contribution in [0.5, 0.6) is 0 Å². The molecule has 0 aliphatic heterocycles. The van der Waals surface area contributed by atoms with Crippen molar-refractivity contribution in [1.29, 1.82) is 0 Å². The van der Waals surface area contributed by atoms with Crippen molar-refractivity contribution < 1.29 is 14.3 Å². The Morgan fingerprint density at radius 2 is 1.72 bits per heavy atom. The molecule has 0 spiro atoms. The lowest BCUT2D eigenvalue weighted by atomic mass is 9.90. The first-order chi connectivity index (χ1) is 11.8. The van der Waals surface area contributed by atoms with E-state index in [-0.39, 0.29) is 18.0 Å². The van der Waals surface area contributed by atoms with Gasteiger partial charge >= 0.3 is 6.09 Å². The summed E-state index contributed by atoms with van der Waals surface area (Å²) in [6.45, 7) is 5.52. The number of rotatable bonds is 5. The SMILES string of the molecule is CC(C)(C)OC(=O)N[C@H]1CCCC[C@@H]1NC(=O)CCc1ccncc1. The smallest absolute Gasteiger partial charge is 0.407 e. The van der Waals surface area contributed by atoms with Gasteiger partial charge in [-0.1, -0.05) is 12.8 Å². The maximum absolute atomic E-state index is 12.3. The van der Waals surface area contributed by atoms with E-state index in [0.717, 1.165) is 31.2 Å². The van der Waals surface area contributed by atoms with E-state index in [1.165, 1.54) is 0 Å². The molecule has 1 aliphatic rings. The van der Waals surface area contributed by atoms with E-state index < -0.39 is 11.7 Å². The van der Waals surface area contributed by atoms with Gasteiger partial charge in [-0.25, -0.2) is 4.79 Å². The van der Waals surface area contributed by atoms with Gasteiger partial charge in [0.15, 0.2) is 0 Å². The second-order valence-electron chi connectivity index (χ2n) is 7.57. The van der Waals surface area contributed by atoms with Crippen LogP contribution in [0.4, 0.5) is 4.79 Å². The number of aromatic nitrogens is 1. The molecule has 2 rings (SSSR count). The van der Waals surface area contributed by atoms with Crippen molar-refractivity contribution in [2.45, 2.75) is 77.0 Å². The highest BCUT2D eigenvalue weighted by molar-refractivity contribution is 5.76. The first kappa shape index (κ1) is 19.2. The minimum absolute atomic E-state index is 0.0136. The van der Waals surface area contributed by atoms with Gasteiger partial charge in [0.05, 0.1) is 6.04 Å². The van der Waals surface area contributed by atoms with E-state index in [0.29, 0.717) is 12.8 Å². The van der Waals surface area contributed by atoms with Crippen LogP contribution in [0.3, 0.4) is 0 Å². The maximum atomic E-state index is 12.3. The van der Waals surface area contributed by atoms with Crippen molar-refractivity contribution in [2.24, 2.45) is 0 Å². The summed E-state index contributed by atoms with van der Waals surface area (Å²) >= 11 is 0. The van der Waals surface area contributed by atoms with Gasteiger partial charge in [0, 0.05) is 24.9 Å². The number of nitrogens with one attached hydrogen (secondary N) is 2. The van der Waals surface area contributed by atoms with Crippen LogP contribution in [0.1, 0.15) is 58.4 Å². The quantitative estimate of drug-likeness (QED) is 0.858. The van der Waals surface area contributed by atoms with Gasteiger partial charge in [-0.15, -0.1) is 0 Å². The predicted octanol–water partition coefficient (Wildman–Crippen LogP) is 2.97. The van der Waals surface area contributed by atoms with E-state index >= 15 is 0 Å². The zero-order chi connectivity index (χ0) is 18.3. The van der Waals surface area contributed by atoms with E-state index in [2.05, 4.69) is 15.6 Å². The zero-order valence-electron chi connectivity index (χ0n) is 15.4. The van der Waals surface area contributed by atoms with Crippen molar-refractivity contribution in [3.63, 3.8) is 0 Å². The van der Waals surface area contributed by atoms with E-state index in [1.807, 2.05) is 32.9 Å². The van der Waals surface area contributed by atoms with Gasteiger partial charge in [0.25, 0.3) is 0 Å². The monoisotopic (exact) mass is 347 g/mol. The van der Waals surface area contributed by atoms with Gasteiger partial charge in [0.2, 0.25) is 5.91 Å². The fourth-order valence-electron chi connectivity index (χ4n) is 3.02. The summed E-state index contributed by atoms with van der Waals surface area (Å²) in [7, 11) is 0. The molecule has 1 saturated carbocycles. The van der Waals surface area contributed by atoms with E-state index in [9.17, 15) is 9.59 Å². The van der Waals surface area contributed by atoms with Crippen LogP contribution in [0.2, 0.25) is 0 Å². The van der Waals surface area contributed by atoms with Crippen LogP contribution in [0.25, 0.3) is 0 Å². The summed E-state index contributed by atoms with van der Waals surface area (Å²) in [6.07, 6.45) is 7.99. The summed E-state index contributed by atoms with van der Waals surface area (Å²) in [6, 6.07) is 3.72. The largest absolute Gasteiger partial charge is 0.444 e. The summed E-state index contributed by atoms with van der Waals surface area (Å²) in [5.74, 6) is 0.0136. The number of carbonyl (C=O) groups excluding carboxylic acids is 2. The molecule has 1 aromatic rings. The molecule has 25 heavy (non-hydrogen) atoms. The second kappa shape index (κ2) is 8.83. The highest BCUT2D eigenvalue weighted by Crippen LogP contribution is 2.19. The van der Waals surface area contributed by atoms with Crippen molar-refractivity contribution in [2.75, 3.05) is 0 Å². The second-order valence-corrected chi connectivity index (χ2v) is 7.57. The molecule has 1 aromatic heterocycles. The highest BCUT2D eigenvalue weighted by atomic mass is 16.6. The summed E-state index contributed by atoms with van der Waals surface area (Å²) in [4.78, 5) is 28.3. The van der Waals surface area contributed by atoms with E-state index in [4.69, 9.17) is 4.74 Å². The first-order valence-electron chi connectivity index (χ1n) is 9.01. The fourth-order valence-corrected chi connectivity index (χ4v) is 3.02. The molecule has 0 radical (unpaired) electrons. The molecule has 1 aliphatic carbocycles. The third-order valence-corrected chi connectivity index (χ3v) is 4.20. The molecule has 2 N–H and O–H groups in total. The number of aryl methyl sites for hydroxylation is 1. The minimum Gasteiger partial charge on any atom is -0.444 e. The molecule has 138 valence electrons. The summed E-state index contributed by atoms with van der Waals surface area (Å²) in [5.41, 5.74) is 0.569. The average molecular weight is 347 g/mol. The number of nitrogens with zero attached hydrogens (tertiary/aromatic N) is 1. The molecular weight excluding hydrogens is 318 g/mol. The maximum Gasteiger partial charge on any atom is 0.407 e. The average Bonchev–Trinajstić information content (AvgIpc) is 2.54. The number of hydrogen-bond acceptors (Lipinski definition) is 4. The Morgan fingerprint density at radius 3 is 2.32 bits per heavy atom. The van der Waals surface area contributed by atoms with Crippen LogP contribution in [0.15, 0.2) is 24.5 Å². The molecule has 2 amide bonds. The van der Waals surface area contributed by atoms with Crippen molar-refractivity contribution in [1.82, 2.24) is 15.6 Å². The summed E-state index contributed by atoms with van der Waals surface area (Å²) in [5, 5.41) is 6.00. The first-order valence-corrected chi connectivity index (χ1v) is 9.01.